The summed E-state index contributed by atoms with van der Waals surface area (Å²) in [6, 6.07) is 16.4. The summed E-state index contributed by atoms with van der Waals surface area (Å²) in [6.07, 6.45) is 0.701. The molecule has 4 rings (SSSR count). The molecule has 6 heteroatoms. The number of carbonyl (C=O) groups excluding carboxylic acids is 2. The number of rotatable bonds is 4. The molecule has 0 radical (unpaired) electrons. The highest BCUT2D eigenvalue weighted by molar-refractivity contribution is 6.01. The molecule has 2 heterocycles. The van der Waals surface area contributed by atoms with Gasteiger partial charge < -0.3 is 20.4 Å². The molecular weight excluding hydrogens is 342 g/mol. The van der Waals surface area contributed by atoms with E-state index in [2.05, 4.69) is 4.98 Å². The number of fused-ring (bicyclic) bond motifs is 1. The van der Waals surface area contributed by atoms with Crippen molar-refractivity contribution in [3.8, 4) is 5.75 Å². The number of primary amides is 1. The Bertz CT molecular complexity index is 996. The zero-order valence-corrected chi connectivity index (χ0v) is 15.0. The van der Waals surface area contributed by atoms with Gasteiger partial charge in [-0.3, -0.25) is 9.59 Å². The molecule has 3 N–H and O–H groups in total. The van der Waals surface area contributed by atoms with Crippen LogP contribution in [0.3, 0.4) is 0 Å². The molecule has 1 fully saturated rings. The lowest BCUT2D eigenvalue weighted by Crippen LogP contribution is -2.46. The summed E-state index contributed by atoms with van der Waals surface area (Å²) in [4.78, 5) is 30.1. The van der Waals surface area contributed by atoms with E-state index in [0.717, 1.165) is 16.5 Å². The van der Waals surface area contributed by atoms with Gasteiger partial charge >= 0.3 is 0 Å². The number of aromatic amines is 1. The second-order valence-corrected chi connectivity index (χ2v) is 6.76. The fourth-order valence-corrected chi connectivity index (χ4v) is 4.00. The number of likely N-dealkylation sites (tertiary alicyclic amines) is 1. The highest BCUT2D eigenvalue weighted by Gasteiger charge is 2.42. The number of hydrogen-bond donors (Lipinski definition) is 2. The van der Waals surface area contributed by atoms with Crippen LogP contribution in [0, 0.1) is 0 Å². The predicted molar refractivity (Wildman–Crippen MR) is 103 cm³/mol. The molecule has 1 aliphatic rings. The summed E-state index contributed by atoms with van der Waals surface area (Å²) in [6.45, 7) is 0.485. The molecule has 27 heavy (non-hydrogen) atoms. The smallest absolute Gasteiger partial charge is 0.271 e. The highest BCUT2D eigenvalue weighted by Crippen LogP contribution is 2.35. The van der Waals surface area contributed by atoms with E-state index >= 15 is 0 Å². The van der Waals surface area contributed by atoms with Crippen LogP contribution in [0.15, 0.2) is 54.6 Å². The van der Waals surface area contributed by atoms with Crippen LogP contribution in [-0.4, -0.2) is 41.4 Å². The normalized spacial score (nSPS) is 19.4. The van der Waals surface area contributed by atoms with Gasteiger partial charge in [-0.15, -0.1) is 0 Å². The van der Waals surface area contributed by atoms with Crippen molar-refractivity contribution in [2.75, 3.05) is 13.7 Å². The third-order valence-corrected chi connectivity index (χ3v) is 5.25. The molecule has 2 aromatic carbocycles. The monoisotopic (exact) mass is 363 g/mol. The minimum Gasteiger partial charge on any atom is -0.496 e. The van der Waals surface area contributed by atoms with Crippen LogP contribution >= 0.6 is 0 Å². The Morgan fingerprint density at radius 1 is 1.15 bits per heavy atom. The zero-order valence-electron chi connectivity index (χ0n) is 15.0. The van der Waals surface area contributed by atoms with Crippen molar-refractivity contribution in [1.82, 2.24) is 9.88 Å². The van der Waals surface area contributed by atoms with E-state index in [9.17, 15) is 9.59 Å². The Labute approximate surface area is 156 Å². The standard InChI is InChI=1S/C21H21N3O3/c1-27-18-9-5-8-16-15(18)12-17(23-16)21(26)24-11-10-14(19(24)20(22)25)13-6-3-2-4-7-13/h2-9,12,14,19,23H,10-11H2,1H3,(H2,22,25). The first-order valence-corrected chi connectivity index (χ1v) is 8.91. The lowest BCUT2D eigenvalue weighted by atomic mass is 9.91. The molecule has 0 saturated carbocycles. The summed E-state index contributed by atoms with van der Waals surface area (Å²) >= 11 is 0. The maximum absolute atomic E-state index is 13.2. The summed E-state index contributed by atoms with van der Waals surface area (Å²) in [7, 11) is 1.59. The van der Waals surface area contributed by atoms with Crippen LogP contribution < -0.4 is 10.5 Å². The van der Waals surface area contributed by atoms with Crippen LogP contribution in [0.1, 0.15) is 28.4 Å². The third kappa shape index (κ3) is 2.93. The highest BCUT2D eigenvalue weighted by atomic mass is 16.5. The van der Waals surface area contributed by atoms with Crippen LogP contribution in [0.4, 0.5) is 0 Å². The van der Waals surface area contributed by atoms with Gasteiger partial charge in [0.05, 0.1) is 7.11 Å². The largest absolute Gasteiger partial charge is 0.496 e. The van der Waals surface area contributed by atoms with Gasteiger partial charge in [0.2, 0.25) is 5.91 Å². The van der Waals surface area contributed by atoms with E-state index in [-0.39, 0.29) is 11.8 Å². The van der Waals surface area contributed by atoms with Crippen molar-refractivity contribution in [1.29, 1.82) is 0 Å². The average Bonchev–Trinajstić information content (AvgIpc) is 3.32. The number of benzene rings is 2. The lowest BCUT2D eigenvalue weighted by molar-refractivity contribution is -0.122. The van der Waals surface area contributed by atoms with Gasteiger partial charge in [-0.25, -0.2) is 0 Å². The quantitative estimate of drug-likeness (QED) is 0.747. The maximum Gasteiger partial charge on any atom is 0.271 e. The van der Waals surface area contributed by atoms with Crippen molar-refractivity contribution < 1.29 is 14.3 Å². The Hall–Kier alpha value is -3.28. The van der Waals surface area contributed by atoms with Crippen molar-refractivity contribution in [2.45, 2.75) is 18.4 Å². The third-order valence-electron chi connectivity index (χ3n) is 5.25. The molecule has 138 valence electrons. The Kier molecular flexibility index (Phi) is 4.32. The molecule has 1 saturated heterocycles. The van der Waals surface area contributed by atoms with Crippen LogP contribution in [0.25, 0.3) is 10.9 Å². The van der Waals surface area contributed by atoms with Gasteiger partial charge in [-0.05, 0) is 30.2 Å². The number of aromatic nitrogens is 1. The number of amides is 2. The topological polar surface area (TPSA) is 88.4 Å². The van der Waals surface area contributed by atoms with Gasteiger partial charge in [0.1, 0.15) is 17.5 Å². The summed E-state index contributed by atoms with van der Waals surface area (Å²) in [5.41, 5.74) is 7.95. The van der Waals surface area contributed by atoms with Crippen molar-refractivity contribution >= 4 is 22.7 Å². The SMILES string of the molecule is COc1cccc2[nH]c(C(=O)N3CCC(c4ccccc4)C3C(N)=O)cc12. The number of ether oxygens (including phenoxy) is 1. The van der Waals surface area contributed by atoms with E-state index in [1.807, 2.05) is 48.5 Å². The number of nitrogens with two attached hydrogens (primary N) is 1. The molecule has 1 aromatic heterocycles. The van der Waals surface area contributed by atoms with Crippen LogP contribution in [-0.2, 0) is 4.79 Å². The maximum atomic E-state index is 13.2. The van der Waals surface area contributed by atoms with Gasteiger partial charge in [-0.1, -0.05) is 36.4 Å². The molecule has 0 bridgehead atoms. The molecule has 6 nitrogen and oxygen atoms in total. The predicted octanol–water partition coefficient (Wildman–Crippen LogP) is 2.66. The minimum absolute atomic E-state index is 0.0911. The van der Waals surface area contributed by atoms with E-state index in [1.165, 1.54) is 0 Å². The van der Waals surface area contributed by atoms with E-state index in [4.69, 9.17) is 10.5 Å². The number of methoxy groups -OCH3 is 1. The molecule has 2 amide bonds. The van der Waals surface area contributed by atoms with Crippen molar-refractivity contribution in [3.63, 3.8) is 0 Å². The van der Waals surface area contributed by atoms with Crippen molar-refractivity contribution in [3.05, 3.63) is 65.9 Å². The van der Waals surface area contributed by atoms with Gasteiger partial charge in [0.15, 0.2) is 0 Å². The summed E-state index contributed by atoms with van der Waals surface area (Å²) in [5.74, 6) is -0.108. The minimum atomic E-state index is -0.659. The summed E-state index contributed by atoms with van der Waals surface area (Å²) in [5, 5.41) is 0.831. The molecular formula is C21H21N3O3. The van der Waals surface area contributed by atoms with E-state index < -0.39 is 11.9 Å². The second kappa shape index (κ2) is 6.79. The molecule has 0 aliphatic carbocycles. The number of nitrogens with one attached hydrogen (secondary N) is 1. The van der Waals surface area contributed by atoms with Gasteiger partial charge in [0.25, 0.3) is 5.91 Å². The Morgan fingerprint density at radius 3 is 2.63 bits per heavy atom. The fraction of sp³-hybridized carbons (Fsp3) is 0.238. The van der Waals surface area contributed by atoms with E-state index in [1.54, 1.807) is 18.1 Å². The molecule has 2 unspecified atom stereocenters. The van der Waals surface area contributed by atoms with Crippen LogP contribution in [0.5, 0.6) is 5.75 Å². The molecule has 3 aromatic rings. The lowest BCUT2D eigenvalue weighted by Gasteiger charge is -2.25. The first kappa shape index (κ1) is 17.1. The molecule has 2 atom stereocenters. The first-order valence-electron chi connectivity index (χ1n) is 8.91. The Balaban J connectivity index is 1.68. The number of H-pyrrole nitrogens is 1. The zero-order chi connectivity index (χ0) is 19.0. The van der Waals surface area contributed by atoms with Gasteiger partial charge in [-0.2, -0.15) is 0 Å². The number of carbonyl (C=O) groups is 2. The van der Waals surface area contributed by atoms with Crippen LogP contribution in [0.2, 0.25) is 0 Å². The molecule has 1 aliphatic heterocycles. The fourth-order valence-electron chi connectivity index (χ4n) is 4.00. The number of nitrogens with zero attached hydrogens (tertiary/aromatic N) is 1. The summed E-state index contributed by atoms with van der Waals surface area (Å²) < 4.78 is 5.36. The van der Waals surface area contributed by atoms with E-state index in [0.29, 0.717) is 24.4 Å². The first-order chi connectivity index (χ1) is 13.1. The van der Waals surface area contributed by atoms with Gasteiger partial charge in [0, 0.05) is 23.4 Å². The molecule has 0 spiro atoms. The number of hydrogen-bond acceptors (Lipinski definition) is 3. The van der Waals surface area contributed by atoms with Crippen molar-refractivity contribution in [2.24, 2.45) is 5.73 Å². The second-order valence-electron chi connectivity index (χ2n) is 6.76. The average molecular weight is 363 g/mol. The Morgan fingerprint density at radius 2 is 1.93 bits per heavy atom.